The monoisotopic (exact) mass is 335 g/mol. The molecule has 2 fully saturated rings. The zero-order valence-electron chi connectivity index (χ0n) is 14.2. The first kappa shape index (κ1) is 18.2. The van der Waals surface area contributed by atoms with Gasteiger partial charge in [-0.25, -0.2) is 0 Å². The Bertz CT molecular complexity index is 514. The Morgan fingerprint density at radius 3 is 2.33 bits per heavy atom. The fraction of sp³-hybridized carbons (Fsp3) is 0.688. The van der Waals surface area contributed by atoms with Gasteiger partial charge in [-0.3, -0.25) is 14.5 Å². The molecule has 2 amide bonds. The van der Waals surface area contributed by atoms with Gasteiger partial charge in [-0.1, -0.05) is 0 Å². The molecule has 132 valence electrons. The summed E-state index contributed by atoms with van der Waals surface area (Å²) in [6.07, 6.45) is 1.50. The highest BCUT2D eigenvalue weighted by atomic mass is 16.5. The summed E-state index contributed by atoms with van der Waals surface area (Å²) < 4.78 is 5.29. The first-order valence-corrected chi connectivity index (χ1v) is 8.30. The van der Waals surface area contributed by atoms with Crippen LogP contribution in [0, 0.1) is 11.3 Å². The number of ether oxygens (including phenoxy) is 1. The average molecular weight is 335 g/mol. The van der Waals surface area contributed by atoms with E-state index in [0.29, 0.717) is 32.7 Å². The van der Waals surface area contributed by atoms with Gasteiger partial charge in [0.25, 0.3) is 5.91 Å². The molecule has 0 bridgehead atoms. The maximum atomic E-state index is 12.4. The molecule has 0 aromatic carbocycles. The number of nitrogens with one attached hydrogen (secondary N) is 1. The smallest absolute Gasteiger partial charge is 0.266 e. The number of rotatable bonds is 5. The van der Waals surface area contributed by atoms with E-state index >= 15 is 0 Å². The number of carbonyl (C=O) groups is 2. The zero-order valence-corrected chi connectivity index (χ0v) is 14.2. The molecule has 0 radical (unpaired) electrons. The van der Waals surface area contributed by atoms with Gasteiger partial charge >= 0.3 is 0 Å². The minimum absolute atomic E-state index is 0.0166. The van der Waals surface area contributed by atoms with Crippen LogP contribution in [0.2, 0.25) is 0 Å². The van der Waals surface area contributed by atoms with Crippen molar-refractivity contribution in [3.8, 4) is 6.07 Å². The molecular formula is C16H25N5O3. The quantitative estimate of drug-likeness (QED) is 0.394. The van der Waals surface area contributed by atoms with Crippen molar-refractivity contribution < 1.29 is 14.3 Å². The molecule has 0 spiro atoms. The fourth-order valence-electron chi connectivity index (χ4n) is 2.76. The Labute approximate surface area is 142 Å². The molecular weight excluding hydrogens is 310 g/mol. The van der Waals surface area contributed by atoms with Crippen molar-refractivity contribution in [2.75, 3.05) is 65.6 Å². The van der Waals surface area contributed by atoms with Gasteiger partial charge in [0.15, 0.2) is 0 Å². The van der Waals surface area contributed by atoms with Gasteiger partial charge in [0.1, 0.15) is 11.6 Å². The largest absolute Gasteiger partial charge is 0.388 e. The van der Waals surface area contributed by atoms with Crippen molar-refractivity contribution in [1.29, 1.82) is 5.26 Å². The summed E-state index contributed by atoms with van der Waals surface area (Å²) in [5.74, 6) is -0.262. The van der Waals surface area contributed by atoms with E-state index in [1.54, 1.807) is 9.80 Å². The lowest BCUT2D eigenvalue weighted by molar-refractivity contribution is -0.136. The third-order valence-corrected chi connectivity index (χ3v) is 4.29. The highest BCUT2D eigenvalue weighted by Crippen LogP contribution is 2.07. The molecule has 0 atom stereocenters. The summed E-state index contributed by atoms with van der Waals surface area (Å²) in [7, 11) is 0. The molecule has 0 aromatic rings. The summed E-state index contributed by atoms with van der Waals surface area (Å²) in [6.45, 7) is 8.35. The van der Waals surface area contributed by atoms with Crippen LogP contribution >= 0.6 is 0 Å². The predicted octanol–water partition coefficient (Wildman–Crippen LogP) is -0.994. The van der Waals surface area contributed by atoms with E-state index in [0.717, 1.165) is 32.8 Å². The van der Waals surface area contributed by atoms with Gasteiger partial charge in [0.05, 0.1) is 13.2 Å². The minimum atomic E-state index is -0.278. The molecule has 2 aliphatic rings. The van der Waals surface area contributed by atoms with Crippen LogP contribution < -0.4 is 5.32 Å². The Hall–Kier alpha value is -2.11. The summed E-state index contributed by atoms with van der Waals surface area (Å²) in [4.78, 5) is 29.3. The van der Waals surface area contributed by atoms with Crippen LogP contribution in [-0.2, 0) is 14.3 Å². The van der Waals surface area contributed by atoms with Gasteiger partial charge < -0.3 is 19.9 Å². The molecule has 8 nitrogen and oxygen atoms in total. The van der Waals surface area contributed by atoms with Crippen LogP contribution in [0.3, 0.4) is 0 Å². The van der Waals surface area contributed by atoms with Gasteiger partial charge in [-0.05, 0) is 0 Å². The van der Waals surface area contributed by atoms with Crippen LogP contribution in [0.15, 0.2) is 11.8 Å². The highest BCUT2D eigenvalue weighted by Gasteiger charge is 2.24. The van der Waals surface area contributed by atoms with E-state index in [-0.39, 0.29) is 17.4 Å². The number of nitrogens with zero attached hydrogens (tertiary/aromatic N) is 4. The Morgan fingerprint density at radius 2 is 1.75 bits per heavy atom. The molecule has 8 heteroatoms. The Kier molecular flexibility index (Phi) is 7.03. The lowest BCUT2D eigenvalue weighted by Gasteiger charge is -2.34. The molecule has 2 saturated heterocycles. The fourth-order valence-corrected chi connectivity index (χ4v) is 2.76. The van der Waals surface area contributed by atoms with E-state index in [9.17, 15) is 14.9 Å². The first-order chi connectivity index (χ1) is 11.6. The Balaban J connectivity index is 1.76. The second-order valence-electron chi connectivity index (χ2n) is 5.88. The van der Waals surface area contributed by atoms with Crippen molar-refractivity contribution in [3.05, 3.63) is 11.8 Å². The second-order valence-corrected chi connectivity index (χ2v) is 5.88. The molecule has 1 N–H and O–H groups in total. The third kappa shape index (κ3) is 5.22. The maximum Gasteiger partial charge on any atom is 0.266 e. The standard InChI is InChI=1S/C16H25N5O3/c1-14(22)20-4-6-21(7-5-20)16(23)15(12-17)13-18-2-3-19-8-10-24-11-9-19/h13,18H,2-11H2,1H3/b15-13-. The average Bonchev–Trinajstić information content (AvgIpc) is 2.62. The summed E-state index contributed by atoms with van der Waals surface area (Å²) in [5, 5.41) is 12.3. The summed E-state index contributed by atoms with van der Waals surface area (Å²) in [5.41, 5.74) is 0.105. The third-order valence-electron chi connectivity index (χ3n) is 4.29. The number of piperazine rings is 1. The Morgan fingerprint density at radius 1 is 1.12 bits per heavy atom. The minimum Gasteiger partial charge on any atom is -0.388 e. The number of nitriles is 1. The van der Waals surface area contributed by atoms with E-state index in [1.807, 2.05) is 6.07 Å². The SMILES string of the molecule is CC(=O)N1CCN(C(=O)/C(C#N)=C\NCCN2CCOCC2)CC1. The number of hydrogen-bond acceptors (Lipinski definition) is 6. The van der Waals surface area contributed by atoms with Crippen LogP contribution in [-0.4, -0.2) is 92.1 Å². The molecule has 0 unspecified atom stereocenters. The summed E-state index contributed by atoms with van der Waals surface area (Å²) in [6, 6.07) is 1.96. The number of amides is 2. The van der Waals surface area contributed by atoms with Gasteiger partial charge in [0.2, 0.25) is 5.91 Å². The predicted molar refractivity (Wildman–Crippen MR) is 87.8 cm³/mol. The zero-order chi connectivity index (χ0) is 17.4. The number of carbonyl (C=O) groups excluding carboxylic acids is 2. The van der Waals surface area contributed by atoms with Crippen LogP contribution in [0.5, 0.6) is 0 Å². The molecule has 0 aromatic heterocycles. The first-order valence-electron chi connectivity index (χ1n) is 8.30. The van der Waals surface area contributed by atoms with Crippen LogP contribution in [0.4, 0.5) is 0 Å². The lowest BCUT2D eigenvalue weighted by atomic mass is 10.2. The van der Waals surface area contributed by atoms with Crippen LogP contribution in [0.1, 0.15) is 6.92 Å². The number of hydrogen-bond donors (Lipinski definition) is 1. The van der Waals surface area contributed by atoms with Gasteiger partial charge in [-0.2, -0.15) is 5.26 Å². The molecule has 2 aliphatic heterocycles. The lowest BCUT2D eigenvalue weighted by Crippen LogP contribution is -2.50. The maximum absolute atomic E-state index is 12.4. The second kappa shape index (κ2) is 9.25. The van der Waals surface area contributed by atoms with E-state index < -0.39 is 0 Å². The van der Waals surface area contributed by atoms with Crippen molar-refractivity contribution in [2.24, 2.45) is 0 Å². The van der Waals surface area contributed by atoms with Crippen LogP contribution in [0.25, 0.3) is 0 Å². The van der Waals surface area contributed by atoms with Gasteiger partial charge in [0, 0.05) is 65.5 Å². The van der Waals surface area contributed by atoms with E-state index in [1.165, 1.54) is 13.1 Å². The molecule has 24 heavy (non-hydrogen) atoms. The van der Waals surface area contributed by atoms with Crippen molar-refractivity contribution in [1.82, 2.24) is 20.0 Å². The van der Waals surface area contributed by atoms with E-state index in [4.69, 9.17) is 4.74 Å². The van der Waals surface area contributed by atoms with Crippen molar-refractivity contribution in [2.45, 2.75) is 6.92 Å². The molecule has 0 aliphatic carbocycles. The van der Waals surface area contributed by atoms with E-state index in [2.05, 4.69) is 10.2 Å². The van der Waals surface area contributed by atoms with Crippen molar-refractivity contribution >= 4 is 11.8 Å². The summed E-state index contributed by atoms with van der Waals surface area (Å²) >= 11 is 0. The molecule has 0 saturated carbocycles. The topological polar surface area (TPSA) is 88.9 Å². The normalized spacial score (nSPS) is 19.8. The molecule has 2 heterocycles. The molecule has 2 rings (SSSR count). The van der Waals surface area contributed by atoms with Gasteiger partial charge in [-0.15, -0.1) is 0 Å². The highest BCUT2D eigenvalue weighted by molar-refractivity contribution is 5.97. The number of morpholine rings is 1. The van der Waals surface area contributed by atoms with Crippen molar-refractivity contribution in [3.63, 3.8) is 0 Å².